The summed E-state index contributed by atoms with van der Waals surface area (Å²) in [7, 11) is 0. The summed E-state index contributed by atoms with van der Waals surface area (Å²) in [6.45, 7) is 5.81. The maximum absolute atomic E-state index is 3.82. The van der Waals surface area contributed by atoms with Gasteiger partial charge in [0, 0.05) is 10.9 Å². The zero-order chi connectivity index (χ0) is 13.5. The maximum atomic E-state index is 3.82. The van der Waals surface area contributed by atoms with Gasteiger partial charge in [0.05, 0.1) is 0 Å². The van der Waals surface area contributed by atoms with Gasteiger partial charge < -0.3 is 5.32 Å². The third-order valence-corrected chi connectivity index (χ3v) is 5.60. The number of aryl methyl sites for hydroxylation is 1. The molecule has 0 bridgehead atoms. The van der Waals surface area contributed by atoms with Crippen molar-refractivity contribution in [2.45, 2.75) is 64.8 Å². The van der Waals surface area contributed by atoms with Crippen LogP contribution in [0, 0.1) is 11.8 Å². The Kier molecular flexibility index (Phi) is 6.39. The molecule has 2 rings (SSSR count). The van der Waals surface area contributed by atoms with Crippen molar-refractivity contribution >= 4 is 11.3 Å². The van der Waals surface area contributed by atoms with E-state index in [1.165, 1.54) is 51.5 Å². The van der Waals surface area contributed by atoms with Crippen molar-refractivity contribution < 1.29 is 0 Å². The molecular formula is C17H29NS. The molecule has 1 aliphatic rings. The smallest absolute Gasteiger partial charge is 0.00988 e. The molecule has 1 nitrogen and oxygen atoms in total. The number of nitrogens with one attached hydrogen (secondary N) is 1. The minimum atomic E-state index is 0.749. The summed E-state index contributed by atoms with van der Waals surface area (Å²) in [6, 6.07) is 5.21. The van der Waals surface area contributed by atoms with Gasteiger partial charge in [0.1, 0.15) is 0 Å². The molecule has 2 heteroatoms. The van der Waals surface area contributed by atoms with E-state index in [-0.39, 0.29) is 0 Å². The first-order chi connectivity index (χ1) is 9.33. The van der Waals surface area contributed by atoms with Crippen LogP contribution in [0.1, 0.15) is 57.2 Å². The van der Waals surface area contributed by atoms with Crippen molar-refractivity contribution in [1.29, 1.82) is 0 Å². The first-order valence-electron chi connectivity index (χ1n) is 8.09. The van der Waals surface area contributed by atoms with E-state index in [9.17, 15) is 0 Å². The summed E-state index contributed by atoms with van der Waals surface area (Å²) in [6.07, 6.45) is 9.58. The molecule has 1 N–H and O–H groups in total. The van der Waals surface area contributed by atoms with Crippen LogP contribution in [0.4, 0.5) is 0 Å². The van der Waals surface area contributed by atoms with E-state index < -0.39 is 0 Å². The minimum Gasteiger partial charge on any atom is -0.314 e. The minimum absolute atomic E-state index is 0.749. The quantitative estimate of drug-likeness (QED) is 0.715. The summed E-state index contributed by atoms with van der Waals surface area (Å²) in [5.41, 5.74) is 0. The maximum Gasteiger partial charge on any atom is 0.00988 e. The van der Waals surface area contributed by atoms with Crippen LogP contribution >= 0.6 is 11.3 Å². The van der Waals surface area contributed by atoms with Gasteiger partial charge in [0.25, 0.3) is 0 Å². The molecule has 19 heavy (non-hydrogen) atoms. The van der Waals surface area contributed by atoms with E-state index in [1.807, 2.05) is 11.3 Å². The second kappa shape index (κ2) is 8.06. The molecule has 0 amide bonds. The van der Waals surface area contributed by atoms with Crippen LogP contribution in [-0.2, 0) is 6.42 Å². The van der Waals surface area contributed by atoms with Crippen LogP contribution < -0.4 is 5.32 Å². The summed E-state index contributed by atoms with van der Waals surface area (Å²) in [5, 5.41) is 6.02. The average Bonchev–Trinajstić information content (AvgIpc) is 3.09. The zero-order valence-corrected chi connectivity index (χ0v) is 13.3. The molecule has 1 saturated carbocycles. The van der Waals surface area contributed by atoms with Crippen molar-refractivity contribution in [2.24, 2.45) is 11.8 Å². The molecule has 1 heterocycles. The lowest BCUT2D eigenvalue weighted by Gasteiger charge is -2.25. The highest BCUT2D eigenvalue weighted by Gasteiger charge is 2.29. The SMILES string of the molecule is CCCNC(CCc1cccs1)C1CCC(CC)C1. The highest BCUT2D eigenvalue weighted by atomic mass is 32.1. The van der Waals surface area contributed by atoms with Crippen molar-refractivity contribution in [3.8, 4) is 0 Å². The highest BCUT2D eigenvalue weighted by molar-refractivity contribution is 7.09. The van der Waals surface area contributed by atoms with Gasteiger partial charge in [0.2, 0.25) is 0 Å². The second-order valence-electron chi connectivity index (χ2n) is 6.03. The predicted molar refractivity (Wildman–Crippen MR) is 85.8 cm³/mol. The van der Waals surface area contributed by atoms with Crippen LogP contribution in [0.15, 0.2) is 17.5 Å². The third-order valence-electron chi connectivity index (χ3n) is 4.67. The predicted octanol–water partition coefficient (Wildman–Crippen LogP) is 4.88. The number of thiophene rings is 1. The topological polar surface area (TPSA) is 12.0 Å². The monoisotopic (exact) mass is 279 g/mol. The number of rotatable bonds is 8. The van der Waals surface area contributed by atoms with Gasteiger partial charge in [-0.2, -0.15) is 0 Å². The highest BCUT2D eigenvalue weighted by Crippen LogP contribution is 2.36. The van der Waals surface area contributed by atoms with E-state index in [1.54, 1.807) is 4.88 Å². The molecule has 1 aliphatic carbocycles. The molecule has 0 aliphatic heterocycles. The summed E-state index contributed by atoms with van der Waals surface area (Å²) < 4.78 is 0. The van der Waals surface area contributed by atoms with E-state index in [0.29, 0.717) is 0 Å². The molecule has 1 fully saturated rings. The lowest BCUT2D eigenvalue weighted by Crippen LogP contribution is -2.36. The van der Waals surface area contributed by atoms with Gasteiger partial charge >= 0.3 is 0 Å². The second-order valence-corrected chi connectivity index (χ2v) is 7.06. The normalized spacial score (nSPS) is 24.7. The largest absolute Gasteiger partial charge is 0.314 e. The van der Waals surface area contributed by atoms with Crippen LogP contribution in [-0.4, -0.2) is 12.6 Å². The molecule has 108 valence electrons. The molecule has 1 aromatic heterocycles. The van der Waals surface area contributed by atoms with E-state index in [2.05, 4.69) is 36.7 Å². The van der Waals surface area contributed by atoms with Crippen molar-refractivity contribution in [3.05, 3.63) is 22.4 Å². The summed E-state index contributed by atoms with van der Waals surface area (Å²) in [4.78, 5) is 1.55. The summed E-state index contributed by atoms with van der Waals surface area (Å²) in [5.74, 6) is 1.93. The Hall–Kier alpha value is -0.340. The first kappa shape index (κ1) is 15.1. The molecule has 0 radical (unpaired) electrons. The lowest BCUT2D eigenvalue weighted by molar-refractivity contribution is 0.330. The Labute approximate surface area is 122 Å². The van der Waals surface area contributed by atoms with Crippen LogP contribution in [0.2, 0.25) is 0 Å². The standard InChI is InChI=1S/C17H29NS/c1-3-11-18-17(10-9-16-6-5-12-19-16)15-8-7-14(4-2)13-15/h5-6,12,14-15,17-18H,3-4,7-11,13H2,1-2H3. The fourth-order valence-corrected chi connectivity index (χ4v) is 4.16. The van der Waals surface area contributed by atoms with Crippen LogP contribution in [0.25, 0.3) is 0 Å². The molecule has 3 atom stereocenters. The third kappa shape index (κ3) is 4.61. The van der Waals surface area contributed by atoms with E-state index in [4.69, 9.17) is 0 Å². The van der Waals surface area contributed by atoms with Gasteiger partial charge in [-0.05, 0) is 61.9 Å². The molecule has 1 aromatic rings. The fourth-order valence-electron chi connectivity index (χ4n) is 3.44. The van der Waals surface area contributed by atoms with E-state index >= 15 is 0 Å². The van der Waals surface area contributed by atoms with Crippen LogP contribution in [0.3, 0.4) is 0 Å². The average molecular weight is 279 g/mol. The van der Waals surface area contributed by atoms with Crippen molar-refractivity contribution in [3.63, 3.8) is 0 Å². The lowest BCUT2D eigenvalue weighted by atomic mass is 9.92. The van der Waals surface area contributed by atoms with Crippen LogP contribution in [0.5, 0.6) is 0 Å². The van der Waals surface area contributed by atoms with Gasteiger partial charge in [-0.25, -0.2) is 0 Å². The van der Waals surface area contributed by atoms with Gasteiger partial charge in [-0.15, -0.1) is 11.3 Å². The first-order valence-corrected chi connectivity index (χ1v) is 8.97. The van der Waals surface area contributed by atoms with Crippen molar-refractivity contribution in [2.75, 3.05) is 6.54 Å². The molecule has 0 aromatic carbocycles. The number of hydrogen-bond donors (Lipinski definition) is 1. The fraction of sp³-hybridized carbons (Fsp3) is 0.765. The molecule has 0 spiro atoms. The Balaban J connectivity index is 1.84. The Morgan fingerprint density at radius 3 is 2.89 bits per heavy atom. The summed E-state index contributed by atoms with van der Waals surface area (Å²) >= 11 is 1.91. The molecule has 0 saturated heterocycles. The Morgan fingerprint density at radius 1 is 1.37 bits per heavy atom. The van der Waals surface area contributed by atoms with Gasteiger partial charge in [0.15, 0.2) is 0 Å². The van der Waals surface area contributed by atoms with Gasteiger partial charge in [-0.3, -0.25) is 0 Å². The Bertz CT molecular complexity index is 333. The zero-order valence-electron chi connectivity index (χ0n) is 12.5. The molecule has 3 unspecified atom stereocenters. The molecular weight excluding hydrogens is 250 g/mol. The van der Waals surface area contributed by atoms with E-state index in [0.717, 1.165) is 17.9 Å². The van der Waals surface area contributed by atoms with Crippen molar-refractivity contribution in [1.82, 2.24) is 5.32 Å². The Morgan fingerprint density at radius 2 is 2.26 bits per heavy atom. The number of hydrogen-bond acceptors (Lipinski definition) is 2. The van der Waals surface area contributed by atoms with Gasteiger partial charge in [-0.1, -0.05) is 32.8 Å².